The lowest BCUT2D eigenvalue weighted by Gasteiger charge is -2.23. The summed E-state index contributed by atoms with van der Waals surface area (Å²) in [5.74, 6) is 1.15. The van der Waals surface area contributed by atoms with E-state index in [4.69, 9.17) is 20.9 Å². The zero-order valence-corrected chi connectivity index (χ0v) is 17.7. The third-order valence-corrected chi connectivity index (χ3v) is 5.30. The maximum absolute atomic E-state index is 14.3. The summed E-state index contributed by atoms with van der Waals surface area (Å²) in [6.07, 6.45) is -0.0602. The lowest BCUT2D eigenvalue weighted by molar-refractivity contribution is 0.172. The second-order valence-corrected chi connectivity index (χ2v) is 7.60. The lowest BCUT2D eigenvalue weighted by Crippen LogP contribution is -2.40. The van der Waals surface area contributed by atoms with Crippen LogP contribution in [0.5, 0.6) is 0 Å². The maximum Gasteiger partial charge on any atom is 0.416 e. The summed E-state index contributed by atoms with van der Waals surface area (Å²) in [5.41, 5.74) is 1.50. The van der Waals surface area contributed by atoms with Crippen molar-refractivity contribution in [3.8, 4) is 11.3 Å². The van der Waals surface area contributed by atoms with Crippen molar-refractivity contribution in [2.45, 2.75) is 38.5 Å². The summed E-state index contributed by atoms with van der Waals surface area (Å²) < 4.78 is 24.8. The van der Waals surface area contributed by atoms with E-state index in [0.29, 0.717) is 16.5 Å². The van der Waals surface area contributed by atoms with E-state index in [1.54, 1.807) is 25.1 Å². The third-order valence-electron chi connectivity index (χ3n) is 5.05. The number of halogens is 2. The van der Waals surface area contributed by atoms with Gasteiger partial charge < -0.3 is 14.6 Å². The van der Waals surface area contributed by atoms with Gasteiger partial charge in [0.15, 0.2) is 5.76 Å². The normalized spacial score (nSPS) is 18.0. The summed E-state index contributed by atoms with van der Waals surface area (Å²) in [5, 5.41) is 7.88. The molecule has 3 atom stereocenters. The molecular formula is C21H21ClFN5O3. The number of carbonyl (C=O) groups is 1. The van der Waals surface area contributed by atoms with Crippen molar-refractivity contribution < 1.29 is 18.4 Å². The van der Waals surface area contributed by atoms with Crippen LogP contribution >= 0.6 is 11.6 Å². The monoisotopic (exact) mass is 445 g/mol. The van der Waals surface area contributed by atoms with Crippen molar-refractivity contribution in [3.63, 3.8) is 0 Å². The minimum atomic E-state index is -1.21. The number of hydrogen-bond acceptors (Lipinski definition) is 7. The Labute approximate surface area is 183 Å². The molecule has 3 aromatic rings. The molecule has 1 amide bonds. The van der Waals surface area contributed by atoms with Crippen molar-refractivity contribution in [2.75, 3.05) is 16.8 Å². The maximum atomic E-state index is 14.3. The standard InChI is InChI=1S/C21H21ClFN5O3/c1-3-15(23)17-11-30-21(29)28(17)19-8-9-24-20(26-19)25-12(2)16-10-18(31-27-16)13-4-6-14(22)7-5-13/h4-10,12,15,17H,3,11H2,1-2H3,(H,24,25,26)/t12-,15+,17+/m0/s1. The Morgan fingerprint density at radius 2 is 2.10 bits per heavy atom. The van der Waals surface area contributed by atoms with E-state index < -0.39 is 18.3 Å². The second kappa shape index (κ2) is 8.89. The van der Waals surface area contributed by atoms with Crippen LogP contribution in [0.25, 0.3) is 11.3 Å². The van der Waals surface area contributed by atoms with E-state index in [-0.39, 0.29) is 30.8 Å². The molecular weight excluding hydrogens is 425 g/mol. The number of cyclic esters (lactones) is 1. The average Bonchev–Trinajstić information content (AvgIpc) is 3.41. The average molecular weight is 446 g/mol. The molecule has 0 spiro atoms. The fourth-order valence-electron chi connectivity index (χ4n) is 3.30. The molecule has 0 aliphatic carbocycles. The minimum absolute atomic E-state index is 0.0105. The molecule has 1 N–H and O–H groups in total. The van der Waals surface area contributed by atoms with Crippen LogP contribution in [-0.4, -0.2) is 40.0 Å². The van der Waals surface area contributed by atoms with Crippen LogP contribution in [0, 0.1) is 0 Å². The molecule has 1 aromatic carbocycles. The Hall–Kier alpha value is -3.20. The molecule has 1 fully saturated rings. The van der Waals surface area contributed by atoms with Crippen molar-refractivity contribution in [3.05, 3.63) is 53.3 Å². The molecule has 162 valence electrons. The van der Waals surface area contributed by atoms with Gasteiger partial charge in [-0.2, -0.15) is 4.98 Å². The zero-order chi connectivity index (χ0) is 22.0. The van der Waals surface area contributed by atoms with Gasteiger partial charge in [0, 0.05) is 22.8 Å². The summed E-state index contributed by atoms with van der Waals surface area (Å²) in [7, 11) is 0. The highest BCUT2D eigenvalue weighted by Gasteiger charge is 2.40. The Kier molecular flexibility index (Phi) is 6.03. The predicted octanol–water partition coefficient (Wildman–Crippen LogP) is 5.03. The van der Waals surface area contributed by atoms with Crippen LogP contribution in [0.1, 0.15) is 32.0 Å². The highest BCUT2D eigenvalue weighted by Crippen LogP contribution is 2.28. The number of nitrogens with zero attached hydrogens (tertiary/aromatic N) is 4. The zero-order valence-electron chi connectivity index (χ0n) is 17.0. The lowest BCUT2D eigenvalue weighted by atomic mass is 10.1. The quantitative estimate of drug-likeness (QED) is 0.545. The highest BCUT2D eigenvalue weighted by molar-refractivity contribution is 6.30. The van der Waals surface area contributed by atoms with Gasteiger partial charge >= 0.3 is 6.09 Å². The molecule has 2 aromatic heterocycles. The predicted molar refractivity (Wildman–Crippen MR) is 114 cm³/mol. The van der Waals surface area contributed by atoms with Crippen LogP contribution in [0.2, 0.25) is 5.02 Å². The van der Waals surface area contributed by atoms with E-state index in [1.807, 2.05) is 25.1 Å². The fourth-order valence-corrected chi connectivity index (χ4v) is 3.43. The van der Waals surface area contributed by atoms with Crippen LogP contribution in [0.15, 0.2) is 47.1 Å². The van der Waals surface area contributed by atoms with Crippen molar-refractivity contribution in [2.24, 2.45) is 0 Å². The molecule has 0 radical (unpaired) electrons. The largest absolute Gasteiger partial charge is 0.447 e. The molecule has 3 heterocycles. The molecule has 1 saturated heterocycles. The van der Waals surface area contributed by atoms with Gasteiger partial charge in [-0.25, -0.2) is 14.2 Å². The first kappa shape index (κ1) is 21.0. The molecule has 4 rings (SSSR count). The Morgan fingerprint density at radius 1 is 1.32 bits per heavy atom. The van der Waals surface area contributed by atoms with E-state index in [2.05, 4.69) is 20.4 Å². The van der Waals surface area contributed by atoms with Gasteiger partial charge in [0.05, 0.1) is 6.04 Å². The number of ether oxygens (including phenoxy) is 1. The van der Waals surface area contributed by atoms with E-state index in [1.165, 1.54) is 11.1 Å². The number of aromatic nitrogens is 3. The number of nitrogens with one attached hydrogen (secondary N) is 1. The third kappa shape index (κ3) is 4.46. The van der Waals surface area contributed by atoms with Gasteiger partial charge in [-0.15, -0.1) is 0 Å². The number of amides is 1. The van der Waals surface area contributed by atoms with E-state index in [0.717, 1.165) is 5.56 Å². The van der Waals surface area contributed by atoms with Gasteiger partial charge in [-0.3, -0.25) is 4.90 Å². The number of hydrogen-bond donors (Lipinski definition) is 1. The summed E-state index contributed by atoms with van der Waals surface area (Å²) in [6, 6.07) is 9.60. The topological polar surface area (TPSA) is 93.4 Å². The first-order valence-electron chi connectivity index (χ1n) is 9.88. The molecule has 10 heteroatoms. The Balaban J connectivity index is 1.50. The van der Waals surface area contributed by atoms with Crippen LogP contribution < -0.4 is 10.2 Å². The Morgan fingerprint density at radius 3 is 2.84 bits per heavy atom. The number of benzene rings is 1. The van der Waals surface area contributed by atoms with Gasteiger partial charge in [-0.1, -0.05) is 23.7 Å². The first-order valence-corrected chi connectivity index (χ1v) is 10.3. The number of rotatable bonds is 7. The SMILES string of the molecule is CC[C@@H](F)[C@H]1COC(=O)N1c1ccnc(N[C@@H](C)c2cc(-c3ccc(Cl)cc3)on2)n1. The summed E-state index contributed by atoms with van der Waals surface area (Å²) in [6.45, 7) is 3.58. The molecule has 0 saturated carbocycles. The molecule has 8 nitrogen and oxygen atoms in total. The molecule has 1 aliphatic heterocycles. The molecule has 31 heavy (non-hydrogen) atoms. The molecule has 1 aliphatic rings. The smallest absolute Gasteiger partial charge is 0.416 e. The van der Waals surface area contributed by atoms with E-state index >= 15 is 0 Å². The number of anilines is 2. The van der Waals surface area contributed by atoms with Gasteiger partial charge in [0.25, 0.3) is 0 Å². The van der Waals surface area contributed by atoms with E-state index in [9.17, 15) is 9.18 Å². The van der Waals surface area contributed by atoms with Gasteiger partial charge in [-0.05, 0) is 43.7 Å². The first-order chi connectivity index (χ1) is 15.0. The van der Waals surface area contributed by atoms with Crippen LogP contribution in [-0.2, 0) is 4.74 Å². The summed E-state index contributed by atoms with van der Waals surface area (Å²) >= 11 is 5.93. The second-order valence-electron chi connectivity index (χ2n) is 7.17. The van der Waals surface area contributed by atoms with Crippen molar-refractivity contribution >= 4 is 29.5 Å². The van der Waals surface area contributed by atoms with Crippen LogP contribution in [0.4, 0.5) is 21.0 Å². The Bertz CT molecular complexity index is 1060. The number of carbonyl (C=O) groups excluding carboxylic acids is 1. The van der Waals surface area contributed by atoms with Gasteiger partial charge in [0.1, 0.15) is 30.3 Å². The molecule has 0 unspecified atom stereocenters. The fraction of sp³-hybridized carbons (Fsp3) is 0.333. The van der Waals surface area contributed by atoms with Crippen molar-refractivity contribution in [1.82, 2.24) is 15.1 Å². The minimum Gasteiger partial charge on any atom is -0.447 e. The molecule has 0 bridgehead atoms. The summed E-state index contributed by atoms with van der Waals surface area (Å²) in [4.78, 5) is 22.0. The van der Waals surface area contributed by atoms with Crippen LogP contribution in [0.3, 0.4) is 0 Å². The number of alkyl halides is 1. The van der Waals surface area contributed by atoms with Gasteiger partial charge in [0.2, 0.25) is 5.95 Å². The highest BCUT2D eigenvalue weighted by atomic mass is 35.5. The van der Waals surface area contributed by atoms with Crippen molar-refractivity contribution in [1.29, 1.82) is 0 Å².